The minimum Gasteiger partial charge on any atom is -0.491 e. The Hall–Kier alpha value is -1.51. The molecule has 0 saturated carbocycles. The fraction of sp³-hybridized carbons (Fsp3) is 0.364. The average Bonchev–Trinajstić information content (AvgIpc) is 2.01. The Bertz CT molecular complexity index is 342. The van der Waals surface area contributed by atoms with Crippen molar-refractivity contribution in [1.29, 1.82) is 0 Å². The zero-order chi connectivity index (χ0) is 10.7. The molecule has 0 bridgehead atoms. The highest BCUT2D eigenvalue weighted by molar-refractivity contribution is 5.89. The molecule has 3 heteroatoms. The van der Waals surface area contributed by atoms with E-state index in [4.69, 9.17) is 9.84 Å². The van der Waals surface area contributed by atoms with Gasteiger partial charge in [0, 0.05) is 0 Å². The second-order valence-electron chi connectivity index (χ2n) is 3.45. The Balaban J connectivity index is 2.94. The lowest BCUT2D eigenvalue weighted by atomic mass is 10.1. The summed E-state index contributed by atoms with van der Waals surface area (Å²) in [5, 5.41) is 8.80. The lowest BCUT2D eigenvalue weighted by Gasteiger charge is -2.10. The molecule has 0 radical (unpaired) electrons. The van der Waals surface area contributed by atoms with Gasteiger partial charge in [-0.25, -0.2) is 4.79 Å². The van der Waals surface area contributed by atoms with Crippen LogP contribution in [0.2, 0.25) is 0 Å². The molecule has 0 aromatic heterocycles. The van der Waals surface area contributed by atoms with Crippen molar-refractivity contribution in [2.24, 2.45) is 0 Å². The van der Waals surface area contributed by atoms with Crippen LogP contribution in [0.5, 0.6) is 5.75 Å². The van der Waals surface area contributed by atoms with E-state index < -0.39 is 5.97 Å². The standard InChI is InChI=1S/C11H14O3/c1-7(2)14-9-4-5-10(11(12)13)8(3)6-9/h4-7H,1-3H3,(H,12,13). The minimum absolute atomic E-state index is 0.102. The minimum atomic E-state index is -0.904. The molecule has 0 fully saturated rings. The Kier molecular flexibility index (Phi) is 3.12. The van der Waals surface area contributed by atoms with Crippen molar-refractivity contribution in [3.63, 3.8) is 0 Å². The Morgan fingerprint density at radius 3 is 2.50 bits per heavy atom. The number of aryl methyl sites for hydroxylation is 1. The van der Waals surface area contributed by atoms with E-state index in [0.717, 1.165) is 5.56 Å². The van der Waals surface area contributed by atoms with E-state index in [1.54, 1.807) is 25.1 Å². The molecular formula is C11H14O3. The van der Waals surface area contributed by atoms with Crippen LogP contribution >= 0.6 is 0 Å². The van der Waals surface area contributed by atoms with Crippen LogP contribution in [0.1, 0.15) is 29.8 Å². The Labute approximate surface area is 83.3 Å². The molecule has 0 spiro atoms. The van der Waals surface area contributed by atoms with E-state index in [0.29, 0.717) is 11.3 Å². The molecule has 0 unspecified atom stereocenters. The van der Waals surface area contributed by atoms with E-state index in [2.05, 4.69) is 0 Å². The van der Waals surface area contributed by atoms with Crippen LogP contribution < -0.4 is 4.74 Å². The summed E-state index contributed by atoms with van der Waals surface area (Å²) in [4.78, 5) is 10.7. The summed E-state index contributed by atoms with van der Waals surface area (Å²) in [6, 6.07) is 4.98. The van der Waals surface area contributed by atoms with Crippen molar-refractivity contribution in [3.8, 4) is 5.75 Å². The summed E-state index contributed by atoms with van der Waals surface area (Å²) in [5.74, 6) is -0.193. The van der Waals surface area contributed by atoms with Crippen LogP contribution in [0.3, 0.4) is 0 Å². The number of rotatable bonds is 3. The third-order valence-corrected chi connectivity index (χ3v) is 1.80. The molecule has 1 aromatic carbocycles. The van der Waals surface area contributed by atoms with Gasteiger partial charge in [0.05, 0.1) is 11.7 Å². The van der Waals surface area contributed by atoms with E-state index in [1.165, 1.54) is 0 Å². The summed E-state index contributed by atoms with van der Waals surface area (Å²) < 4.78 is 5.44. The fourth-order valence-corrected chi connectivity index (χ4v) is 1.22. The lowest BCUT2D eigenvalue weighted by Crippen LogP contribution is -2.06. The summed E-state index contributed by atoms with van der Waals surface area (Å²) in [6.07, 6.45) is 0.102. The number of benzene rings is 1. The van der Waals surface area contributed by atoms with Crippen molar-refractivity contribution < 1.29 is 14.6 Å². The third-order valence-electron chi connectivity index (χ3n) is 1.80. The van der Waals surface area contributed by atoms with Crippen LogP contribution in [0.15, 0.2) is 18.2 Å². The van der Waals surface area contributed by atoms with Gasteiger partial charge in [-0.2, -0.15) is 0 Å². The summed E-state index contributed by atoms with van der Waals surface area (Å²) in [6.45, 7) is 5.62. The molecule has 0 aliphatic carbocycles. The van der Waals surface area contributed by atoms with E-state index in [9.17, 15) is 4.79 Å². The van der Waals surface area contributed by atoms with Gasteiger partial charge < -0.3 is 9.84 Å². The SMILES string of the molecule is Cc1cc(OC(C)C)ccc1C(=O)O. The maximum atomic E-state index is 10.7. The molecule has 76 valence electrons. The number of carbonyl (C=O) groups is 1. The summed E-state index contributed by atoms with van der Waals surface area (Å²) in [5.41, 5.74) is 1.04. The normalized spacial score (nSPS) is 10.3. The molecule has 0 aliphatic heterocycles. The van der Waals surface area contributed by atoms with Gasteiger partial charge >= 0.3 is 5.97 Å². The van der Waals surface area contributed by atoms with Crippen molar-refractivity contribution in [3.05, 3.63) is 29.3 Å². The van der Waals surface area contributed by atoms with Crippen LogP contribution in [-0.4, -0.2) is 17.2 Å². The first-order chi connectivity index (χ1) is 6.50. The molecule has 0 saturated heterocycles. The van der Waals surface area contributed by atoms with Crippen molar-refractivity contribution in [2.75, 3.05) is 0 Å². The predicted octanol–water partition coefficient (Wildman–Crippen LogP) is 2.48. The summed E-state index contributed by atoms with van der Waals surface area (Å²) >= 11 is 0. The van der Waals surface area contributed by atoms with Gasteiger partial charge in [-0.1, -0.05) is 0 Å². The van der Waals surface area contributed by atoms with Crippen molar-refractivity contribution in [1.82, 2.24) is 0 Å². The maximum absolute atomic E-state index is 10.7. The Morgan fingerprint density at radius 2 is 2.07 bits per heavy atom. The maximum Gasteiger partial charge on any atom is 0.335 e. The topological polar surface area (TPSA) is 46.5 Å². The first-order valence-corrected chi connectivity index (χ1v) is 4.51. The number of aromatic carboxylic acids is 1. The van der Waals surface area contributed by atoms with E-state index in [1.807, 2.05) is 13.8 Å². The van der Waals surface area contributed by atoms with Gasteiger partial charge in [-0.05, 0) is 44.5 Å². The monoisotopic (exact) mass is 194 g/mol. The number of carboxylic acid groups (broad SMARTS) is 1. The Morgan fingerprint density at radius 1 is 1.43 bits per heavy atom. The van der Waals surface area contributed by atoms with E-state index >= 15 is 0 Å². The number of hydrogen-bond acceptors (Lipinski definition) is 2. The van der Waals surface area contributed by atoms with Gasteiger partial charge in [-0.15, -0.1) is 0 Å². The van der Waals surface area contributed by atoms with Gasteiger partial charge in [0.1, 0.15) is 5.75 Å². The number of ether oxygens (including phenoxy) is 1. The van der Waals surface area contributed by atoms with E-state index in [-0.39, 0.29) is 6.10 Å². The first-order valence-electron chi connectivity index (χ1n) is 4.51. The van der Waals surface area contributed by atoms with Crippen LogP contribution in [0, 0.1) is 6.92 Å². The van der Waals surface area contributed by atoms with Gasteiger partial charge in [0.25, 0.3) is 0 Å². The van der Waals surface area contributed by atoms with Gasteiger partial charge in [-0.3, -0.25) is 0 Å². The number of carboxylic acids is 1. The first kappa shape index (κ1) is 10.6. The van der Waals surface area contributed by atoms with Crippen LogP contribution in [0.25, 0.3) is 0 Å². The highest BCUT2D eigenvalue weighted by Gasteiger charge is 2.07. The molecular weight excluding hydrogens is 180 g/mol. The fourth-order valence-electron chi connectivity index (χ4n) is 1.22. The second kappa shape index (κ2) is 4.13. The third kappa shape index (κ3) is 2.49. The van der Waals surface area contributed by atoms with Crippen LogP contribution in [-0.2, 0) is 0 Å². The highest BCUT2D eigenvalue weighted by Crippen LogP contribution is 2.18. The van der Waals surface area contributed by atoms with Crippen molar-refractivity contribution in [2.45, 2.75) is 26.9 Å². The molecule has 0 aliphatic rings. The average molecular weight is 194 g/mol. The smallest absolute Gasteiger partial charge is 0.335 e. The quantitative estimate of drug-likeness (QED) is 0.804. The zero-order valence-electron chi connectivity index (χ0n) is 8.57. The molecule has 0 atom stereocenters. The largest absolute Gasteiger partial charge is 0.491 e. The zero-order valence-corrected chi connectivity index (χ0v) is 8.57. The lowest BCUT2D eigenvalue weighted by molar-refractivity contribution is 0.0696. The van der Waals surface area contributed by atoms with Gasteiger partial charge in [0.15, 0.2) is 0 Å². The molecule has 3 nitrogen and oxygen atoms in total. The molecule has 14 heavy (non-hydrogen) atoms. The molecule has 1 aromatic rings. The second-order valence-corrected chi connectivity index (χ2v) is 3.45. The van der Waals surface area contributed by atoms with Crippen molar-refractivity contribution >= 4 is 5.97 Å². The highest BCUT2D eigenvalue weighted by atomic mass is 16.5. The number of hydrogen-bond donors (Lipinski definition) is 1. The predicted molar refractivity (Wildman–Crippen MR) is 53.9 cm³/mol. The van der Waals surface area contributed by atoms with Gasteiger partial charge in [0.2, 0.25) is 0 Å². The molecule has 1 rings (SSSR count). The molecule has 0 amide bonds. The molecule has 1 N–H and O–H groups in total. The molecule has 0 heterocycles. The van der Waals surface area contributed by atoms with Crippen LogP contribution in [0.4, 0.5) is 0 Å². The summed E-state index contributed by atoms with van der Waals surface area (Å²) in [7, 11) is 0.